The molecule has 0 amide bonds. The Hall–Kier alpha value is -1.30. The predicted molar refractivity (Wildman–Crippen MR) is 102 cm³/mol. The van der Waals surface area contributed by atoms with Crippen LogP contribution in [0.3, 0.4) is 0 Å². The van der Waals surface area contributed by atoms with Crippen molar-refractivity contribution in [3.8, 4) is 0 Å². The van der Waals surface area contributed by atoms with Gasteiger partial charge in [-0.2, -0.15) is 0 Å². The van der Waals surface area contributed by atoms with Crippen molar-refractivity contribution in [3.05, 3.63) is 0 Å². The van der Waals surface area contributed by atoms with Crippen LogP contribution < -0.4 is 5.32 Å². The van der Waals surface area contributed by atoms with Gasteiger partial charge in [-0.05, 0) is 58.5 Å². The van der Waals surface area contributed by atoms with Crippen LogP contribution in [0.2, 0.25) is 0 Å². The van der Waals surface area contributed by atoms with Gasteiger partial charge in [-0.1, -0.05) is 6.92 Å². The summed E-state index contributed by atoms with van der Waals surface area (Å²) in [5.41, 5.74) is 0. The molecule has 0 bridgehead atoms. The molecule has 2 unspecified atom stereocenters. The molecular formula is C19H36N4O2. The van der Waals surface area contributed by atoms with Crippen molar-refractivity contribution in [1.29, 1.82) is 0 Å². The number of likely N-dealkylation sites (tertiary alicyclic amines) is 2. The van der Waals surface area contributed by atoms with Crippen molar-refractivity contribution < 1.29 is 9.53 Å². The Labute approximate surface area is 153 Å². The van der Waals surface area contributed by atoms with Gasteiger partial charge >= 0.3 is 5.97 Å². The van der Waals surface area contributed by atoms with E-state index in [1.54, 1.807) is 0 Å². The number of guanidine groups is 1. The van der Waals surface area contributed by atoms with Gasteiger partial charge in [-0.3, -0.25) is 14.7 Å². The van der Waals surface area contributed by atoms with Gasteiger partial charge in [0.05, 0.1) is 12.5 Å². The molecule has 2 rings (SSSR count). The number of nitrogens with one attached hydrogen (secondary N) is 1. The van der Waals surface area contributed by atoms with Crippen molar-refractivity contribution in [2.24, 2.45) is 16.8 Å². The lowest BCUT2D eigenvalue weighted by Crippen LogP contribution is -2.52. The van der Waals surface area contributed by atoms with E-state index in [1.807, 2.05) is 14.0 Å². The Morgan fingerprint density at radius 1 is 1.28 bits per heavy atom. The first-order chi connectivity index (χ1) is 12.0. The third-order valence-corrected chi connectivity index (χ3v) is 5.55. The Morgan fingerprint density at radius 3 is 2.64 bits per heavy atom. The summed E-state index contributed by atoms with van der Waals surface area (Å²) in [6, 6.07) is 0.495. The fourth-order valence-electron chi connectivity index (χ4n) is 3.79. The zero-order valence-corrected chi connectivity index (χ0v) is 16.5. The van der Waals surface area contributed by atoms with Crippen molar-refractivity contribution in [1.82, 2.24) is 15.1 Å². The van der Waals surface area contributed by atoms with Crippen LogP contribution in [0, 0.1) is 11.8 Å². The number of piperidine rings is 2. The Bertz CT molecular complexity index is 447. The molecule has 2 saturated heterocycles. The highest BCUT2D eigenvalue weighted by Crippen LogP contribution is 2.19. The zero-order chi connectivity index (χ0) is 18.2. The van der Waals surface area contributed by atoms with Crippen LogP contribution >= 0.6 is 0 Å². The van der Waals surface area contributed by atoms with Gasteiger partial charge in [0.25, 0.3) is 0 Å². The fraction of sp³-hybridized carbons (Fsp3) is 0.895. The van der Waals surface area contributed by atoms with Crippen LogP contribution in [0.5, 0.6) is 0 Å². The lowest BCUT2D eigenvalue weighted by molar-refractivity contribution is -0.149. The topological polar surface area (TPSA) is 57.2 Å². The average Bonchev–Trinajstić information content (AvgIpc) is 2.63. The van der Waals surface area contributed by atoms with Crippen LogP contribution in [0.15, 0.2) is 4.99 Å². The molecule has 0 saturated carbocycles. The first-order valence-corrected chi connectivity index (χ1v) is 9.91. The van der Waals surface area contributed by atoms with Gasteiger partial charge in [-0.15, -0.1) is 0 Å². The summed E-state index contributed by atoms with van der Waals surface area (Å²) in [7, 11) is 1.82. The van der Waals surface area contributed by atoms with Crippen LogP contribution in [0.1, 0.15) is 46.5 Å². The summed E-state index contributed by atoms with van der Waals surface area (Å²) in [4.78, 5) is 21.3. The minimum Gasteiger partial charge on any atom is -0.466 e. The van der Waals surface area contributed by atoms with Gasteiger partial charge in [-0.25, -0.2) is 0 Å². The smallest absolute Gasteiger partial charge is 0.310 e. The normalized spacial score (nSPS) is 24.9. The summed E-state index contributed by atoms with van der Waals surface area (Å²) in [6.07, 6.45) is 4.51. The summed E-state index contributed by atoms with van der Waals surface area (Å²) in [6.45, 7) is 11.9. The number of hydrogen-bond acceptors (Lipinski definition) is 4. The second kappa shape index (κ2) is 10.00. The van der Waals surface area contributed by atoms with E-state index in [0.717, 1.165) is 37.8 Å². The predicted octanol–water partition coefficient (Wildman–Crippen LogP) is 1.96. The molecule has 2 heterocycles. The first-order valence-electron chi connectivity index (χ1n) is 9.91. The third kappa shape index (κ3) is 5.87. The van der Waals surface area contributed by atoms with E-state index >= 15 is 0 Å². The highest BCUT2D eigenvalue weighted by molar-refractivity contribution is 5.81. The number of carbonyl (C=O) groups is 1. The van der Waals surface area contributed by atoms with E-state index in [9.17, 15) is 4.79 Å². The molecule has 2 aliphatic rings. The van der Waals surface area contributed by atoms with Crippen molar-refractivity contribution in [3.63, 3.8) is 0 Å². The molecule has 6 nitrogen and oxygen atoms in total. The van der Waals surface area contributed by atoms with Gasteiger partial charge in [0, 0.05) is 32.7 Å². The number of nitrogens with zero attached hydrogens (tertiary/aromatic N) is 3. The molecule has 25 heavy (non-hydrogen) atoms. The molecule has 0 aliphatic carbocycles. The minimum absolute atomic E-state index is 0.0340. The first kappa shape index (κ1) is 20.0. The molecule has 0 aromatic rings. The molecule has 0 aromatic carbocycles. The highest BCUT2D eigenvalue weighted by Gasteiger charge is 2.29. The summed E-state index contributed by atoms with van der Waals surface area (Å²) < 4.78 is 5.20. The molecule has 2 atom stereocenters. The molecule has 6 heteroatoms. The van der Waals surface area contributed by atoms with Crippen LogP contribution in [0.4, 0.5) is 0 Å². The highest BCUT2D eigenvalue weighted by atomic mass is 16.5. The van der Waals surface area contributed by atoms with Gasteiger partial charge in [0.1, 0.15) is 0 Å². The Kier molecular flexibility index (Phi) is 8.00. The third-order valence-electron chi connectivity index (χ3n) is 5.55. The molecule has 0 aromatic heterocycles. The Balaban J connectivity index is 1.82. The largest absolute Gasteiger partial charge is 0.466 e. The van der Waals surface area contributed by atoms with Gasteiger partial charge in [0.15, 0.2) is 5.96 Å². The lowest BCUT2D eigenvalue weighted by Gasteiger charge is -2.37. The number of aliphatic imine (C=N–C) groups is 1. The quantitative estimate of drug-likeness (QED) is 0.466. The monoisotopic (exact) mass is 352 g/mol. The summed E-state index contributed by atoms with van der Waals surface area (Å²) in [5.74, 6) is 1.66. The van der Waals surface area contributed by atoms with E-state index in [2.05, 4.69) is 34.0 Å². The van der Waals surface area contributed by atoms with Gasteiger partial charge in [0.2, 0.25) is 0 Å². The van der Waals surface area contributed by atoms with Crippen LogP contribution in [0.25, 0.3) is 0 Å². The molecular weight excluding hydrogens is 316 g/mol. The van der Waals surface area contributed by atoms with E-state index in [1.165, 1.54) is 25.9 Å². The molecule has 1 N–H and O–H groups in total. The number of ether oxygens (including phenoxy) is 1. The van der Waals surface area contributed by atoms with Gasteiger partial charge < -0.3 is 15.0 Å². The SMILES string of the molecule is CCOC(=O)C1CCCN(C(=NC)NCC(C)N2CCC(C)CC2)C1. The molecule has 0 spiro atoms. The number of carbonyl (C=O) groups excluding carboxylic acids is 1. The maximum absolute atomic E-state index is 12.0. The summed E-state index contributed by atoms with van der Waals surface area (Å²) in [5, 5.41) is 3.52. The standard InChI is InChI=1S/C19H36N4O2/c1-5-25-18(24)17-7-6-10-23(14-17)19(20-4)21-13-16(3)22-11-8-15(2)9-12-22/h15-17H,5-14H2,1-4H3,(H,20,21). The molecule has 0 radical (unpaired) electrons. The van der Waals surface area contributed by atoms with E-state index in [-0.39, 0.29) is 11.9 Å². The minimum atomic E-state index is -0.0709. The van der Waals surface area contributed by atoms with Crippen LogP contribution in [-0.4, -0.2) is 74.1 Å². The second-order valence-electron chi connectivity index (χ2n) is 7.53. The average molecular weight is 353 g/mol. The van der Waals surface area contributed by atoms with Crippen molar-refractivity contribution in [2.75, 3.05) is 46.4 Å². The number of rotatable bonds is 5. The molecule has 2 fully saturated rings. The van der Waals surface area contributed by atoms with E-state index in [4.69, 9.17) is 4.74 Å². The fourth-order valence-corrected chi connectivity index (χ4v) is 3.79. The number of hydrogen-bond donors (Lipinski definition) is 1. The Morgan fingerprint density at radius 2 is 2.00 bits per heavy atom. The summed E-state index contributed by atoms with van der Waals surface area (Å²) >= 11 is 0. The molecule has 144 valence electrons. The van der Waals surface area contributed by atoms with Crippen molar-refractivity contribution in [2.45, 2.75) is 52.5 Å². The lowest BCUT2D eigenvalue weighted by atomic mass is 9.98. The molecule has 2 aliphatic heterocycles. The maximum Gasteiger partial charge on any atom is 0.310 e. The number of esters is 1. The van der Waals surface area contributed by atoms with E-state index in [0.29, 0.717) is 19.2 Å². The van der Waals surface area contributed by atoms with Crippen LogP contribution in [-0.2, 0) is 9.53 Å². The second-order valence-corrected chi connectivity index (χ2v) is 7.53. The van der Waals surface area contributed by atoms with Crippen molar-refractivity contribution >= 4 is 11.9 Å². The van der Waals surface area contributed by atoms with E-state index < -0.39 is 0 Å². The zero-order valence-electron chi connectivity index (χ0n) is 16.5. The maximum atomic E-state index is 12.0.